The third kappa shape index (κ3) is 3.38. The third-order valence-corrected chi connectivity index (χ3v) is 3.42. The van der Waals surface area contributed by atoms with Gasteiger partial charge in [-0.05, 0) is 43.1 Å². The van der Waals surface area contributed by atoms with Gasteiger partial charge in [0, 0.05) is 24.8 Å². The summed E-state index contributed by atoms with van der Waals surface area (Å²) in [5.41, 5.74) is 0.357. The van der Waals surface area contributed by atoms with E-state index in [0.29, 0.717) is 16.7 Å². The van der Waals surface area contributed by atoms with Crippen molar-refractivity contribution in [2.75, 3.05) is 18.4 Å². The number of benzene rings is 1. The van der Waals surface area contributed by atoms with Crippen LogP contribution in [0.5, 0.6) is 0 Å². The van der Waals surface area contributed by atoms with Gasteiger partial charge in [0.2, 0.25) is 0 Å². The van der Waals surface area contributed by atoms with Gasteiger partial charge in [-0.2, -0.15) is 0 Å². The number of thiocarbonyl (C=S) groups is 1. The molecule has 1 aromatic rings. The van der Waals surface area contributed by atoms with Crippen LogP contribution < -0.4 is 5.32 Å². The summed E-state index contributed by atoms with van der Waals surface area (Å²) in [4.78, 5) is 2.05. The van der Waals surface area contributed by atoms with Crippen LogP contribution in [0.25, 0.3) is 0 Å². The standard InChI is InChI=1S/C13H16F2N2S/c1-9-3-2-4-17(8-9)13(18)16-12-6-10(14)5-11(15)7-12/h5-7,9H,2-4,8H2,1H3,(H,16,18). The fraction of sp³-hybridized carbons (Fsp3) is 0.462. The molecule has 1 aliphatic rings. The fourth-order valence-electron chi connectivity index (χ4n) is 2.20. The lowest BCUT2D eigenvalue weighted by molar-refractivity contribution is 0.276. The van der Waals surface area contributed by atoms with Crippen LogP contribution in [0.2, 0.25) is 0 Å². The van der Waals surface area contributed by atoms with Gasteiger partial charge in [0.25, 0.3) is 0 Å². The number of anilines is 1. The first-order valence-electron chi connectivity index (χ1n) is 6.06. The average Bonchev–Trinajstić information content (AvgIpc) is 2.27. The van der Waals surface area contributed by atoms with Crippen molar-refractivity contribution < 1.29 is 8.78 Å². The Morgan fingerprint density at radius 1 is 1.33 bits per heavy atom. The van der Waals surface area contributed by atoms with Gasteiger partial charge >= 0.3 is 0 Å². The maximum Gasteiger partial charge on any atom is 0.173 e. The van der Waals surface area contributed by atoms with Crippen molar-refractivity contribution in [3.8, 4) is 0 Å². The Labute approximate surface area is 111 Å². The smallest absolute Gasteiger partial charge is 0.173 e. The van der Waals surface area contributed by atoms with Crippen LogP contribution in [-0.4, -0.2) is 23.1 Å². The lowest BCUT2D eigenvalue weighted by Gasteiger charge is -2.33. The molecule has 1 fully saturated rings. The summed E-state index contributed by atoms with van der Waals surface area (Å²) in [5.74, 6) is -0.609. The largest absolute Gasteiger partial charge is 0.349 e. The monoisotopic (exact) mass is 270 g/mol. The normalized spacial score (nSPS) is 19.7. The summed E-state index contributed by atoms with van der Waals surface area (Å²) in [6.45, 7) is 3.97. The summed E-state index contributed by atoms with van der Waals surface area (Å²) >= 11 is 5.27. The Kier molecular flexibility index (Phi) is 4.11. The molecule has 0 spiro atoms. The van der Waals surface area contributed by atoms with Crippen molar-refractivity contribution in [1.29, 1.82) is 0 Å². The average molecular weight is 270 g/mol. The molecule has 0 radical (unpaired) electrons. The van der Waals surface area contributed by atoms with E-state index in [2.05, 4.69) is 12.2 Å². The molecule has 5 heteroatoms. The van der Waals surface area contributed by atoms with E-state index >= 15 is 0 Å². The highest BCUT2D eigenvalue weighted by molar-refractivity contribution is 7.80. The summed E-state index contributed by atoms with van der Waals surface area (Å²) in [6, 6.07) is 3.32. The molecule has 1 atom stereocenters. The number of hydrogen-bond donors (Lipinski definition) is 1. The predicted molar refractivity (Wildman–Crippen MR) is 72.5 cm³/mol. The lowest BCUT2D eigenvalue weighted by Crippen LogP contribution is -2.41. The molecular weight excluding hydrogens is 254 g/mol. The van der Waals surface area contributed by atoms with Crippen molar-refractivity contribution in [3.05, 3.63) is 29.8 Å². The molecule has 1 aromatic carbocycles. The van der Waals surface area contributed by atoms with E-state index in [1.165, 1.54) is 18.6 Å². The first-order chi connectivity index (χ1) is 8.54. The topological polar surface area (TPSA) is 15.3 Å². The van der Waals surface area contributed by atoms with Crippen LogP contribution in [0.4, 0.5) is 14.5 Å². The van der Waals surface area contributed by atoms with E-state index in [1.807, 2.05) is 4.90 Å². The second kappa shape index (κ2) is 5.61. The SMILES string of the molecule is CC1CCCN(C(=S)Nc2cc(F)cc(F)c2)C1. The summed E-state index contributed by atoms with van der Waals surface area (Å²) in [6.07, 6.45) is 2.30. The van der Waals surface area contributed by atoms with Crippen LogP contribution in [-0.2, 0) is 0 Å². The minimum atomic E-state index is -0.604. The quantitative estimate of drug-likeness (QED) is 0.787. The van der Waals surface area contributed by atoms with Gasteiger partial charge in [-0.25, -0.2) is 8.78 Å². The molecule has 1 heterocycles. The van der Waals surface area contributed by atoms with Gasteiger partial charge in [-0.1, -0.05) is 6.92 Å². The van der Waals surface area contributed by atoms with E-state index in [1.54, 1.807) is 0 Å². The van der Waals surface area contributed by atoms with E-state index < -0.39 is 11.6 Å². The van der Waals surface area contributed by atoms with Gasteiger partial charge < -0.3 is 10.2 Å². The number of rotatable bonds is 1. The van der Waals surface area contributed by atoms with Crippen molar-refractivity contribution in [2.45, 2.75) is 19.8 Å². The number of nitrogens with zero attached hydrogens (tertiary/aromatic N) is 1. The maximum atomic E-state index is 13.0. The van der Waals surface area contributed by atoms with Crippen LogP contribution in [0.1, 0.15) is 19.8 Å². The highest BCUT2D eigenvalue weighted by Crippen LogP contribution is 2.18. The zero-order valence-electron chi connectivity index (χ0n) is 10.2. The van der Waals surface area contributed by atoms with Crippen molar-refractivity contribution in [1.82, 2.24) is 4.90 Å². The number of nitrogens with one attached hydrogen (secondary N) is 1. The molecule has 0 amide bonds. The Balaban J connectivity index is 2.02. The maximum absolute atomic E-state index is 13.0. The number of halogens is 2. The van der Waals surface area contributed by atoms with Crippen LogP contribution in [0.3, 0.4) is 0 Å². The Bertz CT molecular complexity index is 430. The lowest BCUT2D eigenvalue weighted by atomic mass is 10.0. The molecule has 18 heavy (non-hydrogen) atoms. The second-order valence-corrected chi connectivity index (χ2v) is 5.17. The van der Waals surface area contributed by atoms with E-state index in [-0.39, 0.29) is 0 Å². The molecule has 1 unspecified atom stereocenters. The molecule has 1 saturated heterocycles. The molecule has 1 N–H and O–H groups in total. The Hall–Kier alpha value is -1.23. The zero-order valence-corrected chi connectivity index (χ0v) is 11.1. The fourth-order valence-corrected chi connectivity index (χ4v) is 2.49. The minimum absolute atomic E-state index is 0.357. The van der Waals surface area contributed by atoms with Crippen molar-refractivity contribution >= 4 is 23.0 Å². The third-order valence-electron chi connectivity index (χ3n) is 3.06. The molecule has 2 nitrogen and oxygen atoms in total. The molecule has 98 valence electrons. The Morgan fingerprint density at radius 2 is 2.00 bits per heavy atom. The second-order valence-electron chi connectivity index (χ2n) is 4.78. The van der Waals surface area contributed by atoms with Gasteiger partial charge in [-0.15, -0.1) is 0 Å². The van der Waals surface area contributed by atoms with Crippen LogP contribution in [0.15, 0.2) is 18.2 Å². The summed E-state index contributed by atoms with van der Waals surface area (Å²) < 4.78 is 26.1. The van der Waals surface area contributed by atoms with Gasteiger partial charge in [0.1, 0.15) is 11.6 Å². The molecule has 0 bridgehead atoms. The molecule has 0 aromatic heterocycles. The van der Waals surface area contributed by atoms with Crippen LogP contribution in [0, 0.1) is 17.6 Å². The zero-order chi connectivity index (χ0) is 13.1. The van der Waals surface area contributed by atoms with Crippen molar-refractivity contribution in [3.63, 3.8) is 0 Å². The van der Waals surface area contributed by atoms with Crippen LogP contribution >= 0.6 is 12.2 Å². The summed E-state index contributed by atoms with van der Waals surface area (Å²) in [7, 11) is 0. The van der Waals surface area contributed by atoms with Gasteiger partial charge in [0.15, 0.2) is 5.11 Å². The number of likely N-dealkylation sites (tertiary alicyclic amines) is 1. The molecule has 2 rings (SSSR count). The van der Waals surface area contributed by atoms with Crippen molar-refractivity contribution in [2.24, 2.45) is 5.92 Å². The van der Waals surface area contributed by atoms with E-state index in [4.69, 9.17) is 12.2 Å². The summed E-state index contributed by atoms with van der Waals surface area (Å²) in [5, 5.41) is 3.43. The first-order valence-corrected chi connectivity index (χ1v) is 6.47. The van der Waals surface area contributed by atoms with Gasteiger partial charge in [0.05, 0.1) is 0 Å². The van der Waals surface area contributed by atoms with E-state index in [0.717, 1.165) is 25.6 Å². The number of hydrogen-bond acceptors (Lipinski definition) is 1. The highest BCUT2D eigenvalue weighted by atomic mass is 32.1. The van der Waals surface area contributed by atoms with E-state index in [9.17, 15) is 8.78 Å². The molecule has 0 aliphatic carbocycles. The molecule has 0 saturated carbocycles. The predicted octanol–water partition coefficient (Wildman–Crippen LogP) is 3.39. The first kappa shape index (κ1) is 13.2. The molecule has 1 aliphatic heterocycles. The highest BCUT2D eigenvalue weighted by Gasteiger charge is 2.18. The van der Waals surface area contributed by atoms with Gasteiger partial charge in [-0.3, -0.25) is 0 Å². The Morgan fingerprint density at radius 3 is 2.61 bits per heavy atom. The number of piperidine rings is 1. The molecular formula is C13H16F2N2S. The minimum Gasteiger partial charge on any atom is -0.349 e.